The smallest absolute Gasteiger partial charge is 0.276 e. The standard InChI is InChI=1S/C17H15FN4O2S/c1-2-22-9-7-14(21-22)16(24)20-17-11(8-10-25-17)15(23)19-13-6-4-3-5-12(13)18/h3-10H,2H2,1H3,(H,19,23)(H,20,24). The van der Waals surface area contributed by atoms with Gasteiger partial charge in [-0.15, -0.1) is 11.3 Å². The highest BCUT2D eigenvalue weighted by Crippen LogP contribution is 2.25. The summed E-state index contributed by atoms with van der Waals surface area (Å²) in [7, 11) is 0. The number of amides is 2. The molecule has 2 heterocycles. The Bertz CT molecular complexity index is 919. The second-order valence-electron chi connectivity index (χ2n) is 5.11. The number of nitrogens with one attached hydrogen (secondary N) is 2. The molecule has 128 valence electrons. The van der Waals surface area contributed by atoms with Gasteiger partial charge in [0.25, 0.3) is 11.8 Å². The van der Waals surface area contributed by atoms with Crippen LogP contribution in [0.5, 0.6) is 0 Å². The average Bonchev–Trinajstić information content (AvgIpc) is 3.26. The van der Waals surface area contributed by atoms with Crippen LogP contribution in [0.4, 0.5) is 15.1 Å². The van der Waals surface area contributed by atoms with Crippen LogP contribution < -0.4 is 10.6 Å². The highest BCUT2D eigenvalue weighted by molar-refractivity contribution is 7.14. The lowest BCUT2D eigenvalue weighted by atomic mass is 10.2. The summed E-state index contributed by atoms with van der Waals surface area (Å²) in [5.74, 6) is -1.43. The lowest BCUT2D eigenvalue weighted by Crippen LogP contribution is -2.17. The van der Waals surface area contributed by atoms with Crippen molar-refractivity contribution in [2.75, 3.05) is 10.6 Å². The van der Waals surface area contributed by atoms with Gasteiger partial charge in [0, 0.05) is 12.7 Å². The van der Waals surface area contributed by atoms with E-state index in [1.54, 1.807) is 34.5 Å². The molecule has 0 aliphatic carbocycles. The molecular formula is C17H15FN4O2S. The molecular weight excluding hydrogens is 343 g/mol. The normalized spacial score (nSPS) is 10.5. The fourth-order valence-corrected chi connectivity index (χ4v) is 2.94. The highest BCUT2D eigenvalue weighted by Gasteiger charge is 2.18. The second kappa shape index (κ2) is 7.27. The first-order valence-corrected chi connectivity index (χ1v) is 8.44. The van der Waals surface area contributed by atoms with Gasteiger partial charge in [-0.3, -0.25) is 14.3 Å². The molecule has 2 amide bonds. The number of thiophene rings is 1. The molecule has 1 aromatic carbocycles. The fraction of sp³-hybridized carbons (Fsp3) is 0.118. The SMILES string of the molecule is CCn1ccc(C(=O)Nc2sccc2C(=O)Nc2ccccc2F)n1. The Hall–Kier alpha value is -3.00. The highest BCUT2D eigenvalue weighted by atomic mass is 32.1. The maximum Gasteiger partial charge on any atom is 0.276 e. The van der Waals surface area contributed by atoms with Crippen LogP contribution in [-0.4, -0.2) is 21.6 Å². The molecule has 2 N–H and O–H groups in total. The van der Waals surface area contributed by atoms with Gasteiger partial charge in [-0.25, -0.2) is 4.39 Å². The van der Waals surface area contributed by atoms with E-state index < -0.39 is 17.6 Å². The Morgan fingerprint density at radius 2 is 1.96 bits per heavy atom. The fourth-order valence-electron chi connectivity index (χ4n) is 2.16. The van der Waals surface area contributed by atoms with Crippen LogP contribution in [0.25, 0.3) is 0 Å². The zero-order valence-corrected chi connectivity index (χ0v) is 14.1. The lowest BCUT2D eigenvalue weighted by Gasteiger charge is -2.07. The van der Waals surface area contributed by atoms with Gasteiger partial charge in [0.15, 0.2) is 5.69 Å². The molecule has 0 bridgehead atoms. The van der Waals surface area contributed by atoms with E-state index in [-0.39, 0.29) is 16.9 Å². The van der Waals surface area contributed by atoms with Crippen molar-refractivity contribution in [3.8, 4) is 0 Å². The monoisotopic (exact) mass is 358 g/mol. The molecule has 0 saturated heterocycles. The first-order valence-electron chi connectivity index (χ1n) is 7.56. The van der Waals surface area contributed by atoms with Gasteiger partial charge in [0.05, 0.1) is 11.3 Å². The van der Waals surface area contributed by atoms with Gasteiger partial charge in [-0.1, -0.05) is 12.1 Å². The van der Waals surface area contributed by atoms with Crippen LogP contribution in [0, 0.1) is 5.82 Å². The van der Waals surface area contributed by atoms with Crippen molar-refractivity contribution in [1.82, 2.24) is 9.78 Å². The Morgan fingerprint density at radius 3 is 2.68 bits per heavy atom. The molecule has 0 unspecified atom stereocenters. The molecule has 0 radical (unpaired) electrons. The molecule has 8 heteroatoms. The van der Waals surface area contributed by atoms with Gasteiger partial charge < -0.3 is 10.6 Å². The van der Waals surface area contributed by atoms with Crippen molar-refractivity contribution in [3.63, 3.8) is 0 Å². The molecule has 0 spiro atoms. The van der Waals surface area contributed by atoms with Gasteiger partial charge in [0.2, 0.25) is 0 Å². The number of halogens is 1. The topological polar surface area (TPSA) is 76.0 Å². The van der Waals surface area contributed by atoms with E-state index in [1.807, 2.05) is 6.92 Å². The molecule has 6 nitrogen and oxygen atoms in total. The van der Waals surface area contributed by atoms with Gasteiger partial charge in [0.1, 0.15) is 10.8 Å². The van der Waals surface area contributed by atoms with E-state index in [2.05, 4.69) is 15.7 Å². The minimum absolute atomic E-state index is 0.0812. The van der Waals surface area contributed by atoms with E-state index in [0.717, 1.165) is 0 Å². The lowest BCUT2D eigenvalue weighted by molar-refractivity contribution is 0.102. The Morgan fingerprint density at radius 1 is 1.16 bits per heavy atom. The van der Waals surface area contributed by atoms with Crippen molar-refractivity contribution in [3.05, 3.63) is 65.0 Å². The zero-order chi connectivity index (χ0) is 17.8. The van der Waals surface area contributed by atoms with Crippen molar-refractivity contribution < 1.29 is 14.0 Å². The predicted molar refractivity (Wildman–Crippen MR) is 94.5 cm³/mol. The summed E-state index contributed by atoms with van der Waals surface area (Å²) in [6.07, 6.45) is 1.70. The van der Waals surface area contributed by atoms with E-state index in [0.29, 0.717) is 11.5 Å². The molecule has 3 rings (SSSR count). The van der Waals surface area contributed by atoms with Crippen molar-refractivity contribution in [2.24, 2.45) is 0 Å². The third-order valence-electron chi connectivity index (χ3n) is 3.46. The summed E-state index contributed by atoms with van der Waals surface area (Å²) in [4.78, 5) is 24.6. The van der Waals surface area contributed by atoms with Crippen LogP contribution in [0.3, 0.4) is 0 Å². The van der Waals surface area contributed by atoms with Crippen molar-refractivity contribution in [2.45, 2.75) is 13.5 Å². The first-order chi connectivity index (χ1) is 12.1. The third kappa shape index (κ3) is 3.74. The molecule has 3 aromatic rings. The van der Waals surface area contributed by atoms with E-state index >= 15 is 0 Å². The van der Waals surface area contributed by atoms with E-state index in [1.165, 1.54) is 29.5 Å². The van der Waals surface area contributed by atoms with Crippen LogP contribution in [-0.2, 0) is 6.54 Å². The number of anilines is 2. The quantitative estimate of drug-likeness (QED) is 0.731. The molecule has 0 saturated carbocycles. The molecule has 0 aliphatic heterocycles. The van der Waals surface area contributed by atoms with Gasteiger partial charge >= 0.3 is 0 Å². The Labute approximate surface area is 147 Å². The molecule has 0 atom stereocenters. The molecule has 25 heavy (non-hydrogen) atoms. The number of nitrogens with zero attached hydrogens (tertiary/aromatic N) is 2. The minimum atomic E-state index is -0.526. The molecule has 2 aromatic heterocycles. The number of carbonyl (C=O) groups is 2. The predicted octanol–water partition coefficient (Wildman–Crippen LogP) is 3.61. The number of aryl methyl sites for hydroxylation is 1. The summed E-state index contributed by atoms with van der Waals surface area (Å²) in [6, 6.07) is 9.06. The number of aromatic nitrogens is 2. The summed E-state index contributed by atoms with van der Waals surface area (Å²) in [6.45, 7) is 2.57. The maximum absolute atomic E-state index is 13.7. The molecule has 0 fully saturated rings. The number of para-hydroxylation sites is 1. The van der Waals surface area contributed by atoms with Crippen LogP contribution >= 0.6 is 11.3 Å². The number of carbonyl (C=O) groups excluding carboxylic acids is 2. The molecule has 0 aliphatic rings. The maximum atomic E-state index is 13.7. The number of hydrogen-bond donors (Lipinski definition) is 2. The summed E-state index contributed by atoms with van der Waals surface area (Å²) in [5, 5.41) is 11.4. The van der Waals surface area contributed by atoms with Crippen LogP contribution in [0.2, 0.25) is 0 Å². The average molecular weight is 358 g/mol. The Kier molecular flexibility index (Phi) is 4.90. The van der Waals surface area contributed by atoms with Crippen LogP contribution in [0.1, 0.15) is 27.8 Å². The summed E-state index contributed by atoms with van der Waals surface area (Å²) in [5.41, 5.74) is 0.602. The van der Waals surface area contributed by atoms with E-state index in [9.17, 15) is 14.0 Å². The number of rotatable bonds is 5. The number of hydrogen-bond acceptors (Lipinski definition) is 4. The summed E-state index contributed by atoms with van der Waals surface area (Å²) < 4.78 is 15.3. The van der Waals surface area contributed by atoms with Crippen molar-refractivity contribution >= 4 is 33.8 Å². The largest absolute Gasteiger partial charge is 0.319 e. The van der Waals surface area contributed by atoms with Crippen molar-refractivity contribution in [1.29, 1.82) is 0 Å². The van der Waals surface area contributed by atoms with Crippen LogP contribution in [0.15, 0.2) is 48.0 Å². The third-order valence-corrected chi connectivity index (χ3v) is 4.29. The first kappa shape index (κ1) is 16.8. The minimum Gasteiger partial charge on any atom is -0.319 e. The van der Waals surface area contributed by atoms with E-state index in [4.69, 9.17) is 0 Å². The van der Waals surface area contributed by atoms with Gasteiger partial charge in [-0.05, 0) is 36.6 Å². The van der Waals surface area contributed by atoms with Gasteiger partial charge in [-0.2, -0.15) is 5.10 Å². The summed E-state index contributed by atoms with van der Waals surface area (Å²) >= 11 is 1.21. The zero-order valence-electron chi connectivity index (χ0n) is 13.3. The Balaban J connectivity index is 1.75. The second-order valence-corrected chi connectivity index (χ2v) is 6.02. The number of benzene rings is 1.